The first-order chi connectivity index (χ1) is 13.7. The lowest BCUT2D eigenvalue weighted by Gasteiger charge is -2.25. The number of aryl methyl sites for hydroxylation is 1. The molecule has 4 rings (SSSR count). The molecule has 0 spiro atoms. The van der Waals surface area contributed by atoms with Crippen LogP contribution in [0.3, 0.4) is 0 Å². The molecule has 8 heteroatoms. The number of halogens is 3. The summed E-state index contributed by atoms with van der Waals surface area (Å²) in [6, 6.07) is 8.39. The quantitative estimate of drug-likeness (QED) is 0.587. The first-order valence-corrected chi connectivity index (χ1v) is 10.1. The van der Waals surface area contributed by atoms with E-state index in [1.165, 1.54) is 12.1 Å². The Morgan fingerprint density at radius 2 is 1.93 bits per heavy atom. The fraction of sp³-hybridized carbons (Fsp3) is 0.333. The predicted molar refractivity (Wildman–Crippen MR) is 111 cm³/mol. The summed E-state index contributed by atoms with van der Waals surface area (Å²) in [6.45, 7) is 5.51. The number of aromatic carboxylic acids is 1. The van der Waals surface area contributed by atoms with Gasteiger partial charge in [-0.25, -0.2) is 9.18 Å². The van der Waals surface area contributed by atoms with Gasteiger partial charge < -0.3 is 5.11 Å². The molecule has 29 heavy (non-hydrogen) atoms. The van der Waals surface area contributed by atoms with Gasteiger partial charge in [0.1, 0.15) is 5.82 Å². The molecular formula is C21H20Cl2FN3O2. The number of rotatable bonds is 4. The van der Waals surface area contributed by atoms with E-state index in [0.717, 1.165) is 25.1 Å². The van der Waals surface area contributed by atoms with Crippen molar-refractivity contribution in [3.63, 3.8) is 0 Å². The number of carbonyl (C=O) groups is 1. The Hall–Kier alpha value is -2.15. The highest BCUT2D eigenvalue weighted by Crippen LogP contribution is 2.34. The summed E-state index contributed by atoms with van der Waals surface area (Å²) in [5.41, 5.74) is 2.02. The van der Waals surface area contributed by atoms with Crippen LogP contribution in [0.5, 0.6) is 0 Å². The third-order valence-corrected chi connectivity index (χ3v) is 6.10. The SMILES string of the molecule is Cc1nn(C2CCN([C@@H](C)c3cc(Cl)cc(Cl)c3)C2)c2cc(F)c(C(=O)O)cc12. The number of aromatic nitrogens is 2. The number of hydrogen-bond acceptors (Lipinski definition) is 3. The normalized spacial score (nSPS) is 18.4. The molecule has 0 radical (unpaired) electrons. The van der Waals surface area contributed by atoms with Crippen molar-refractivity contribution in [3.8, 4) is 0 Å². The third-order valence-electron chi connectivity index (χ3n) is 5.67. The van der Waals surface area contributed by atoms with Crippen LogP contribution in [0.4, 0.5) is 4.39 Å². The minimum Gasteiger partial charge on any atom is -0.478 e. The number of carboxylic acid groups (broad SMARTS) is 1. The first kappa shape index (κ1) is 20.1. The Kier molecular flexibility index (Phi) is 5.27. The van der Waals surface area contributed by atoms with Crippen LogP contribution in [0.15, 0.2) is 30.3 Å². The van der Waals surface area contributed by atoms with Crippen molar-refractivity contribution < 1.29 is 14.3 Å². The Morgan fingerprint density at radius 1 is 1.24 bits per heavy atom. The average Bonchev–Trinajstić information content (AvgIpc) is 3.24. The van der Waals surface area contributed by atoms with Gasteiger partial charge >= 0.3 is 5.97 Å². The van der Waals surface area contributed by atoms with E-state index >= 15 is 0 Å². The van der Waals surface area contributed by atoms with Gasteiger partial charge in [-0.15, -0.1) is 0 Å². The van der Waals surface area contributed by atoms with Gasteiger partial charge in [-0.1, -0.05) is 23.2 Å². The van der Waals surface area contributed by atoms with Gasteiger partial charge in [-0.2, -0.15) is 5.10 Å². The maximum absolute atomic E-state index is 14.3. The maximum Gasteiger partial charge on any atom is 0.338 e. The molecule has 1 fully saturated rings. The van der Waals surface area contributed by atoms with E-state index in [-0.39, 0.29) is 17.6 Å². The fourth-order valence-corrected chi connectivity index (χ4v) is 4.64. The molecule has 1 N–H and O–H groups in total. The van der Waals surface area contributed by atoms with Crippen LogP contribution < -0.4 is 0 Å². The van der Waals surface area contributed by atoms with Crippen molar-refractivity contribution in [2.24, 2.45) is 0 Å². The van der Waals surface area contributed by atoms with Gasteiger partial charge in [-0.3, -0.25) is 9.58 Å². The zero-order chi connectivity index (χ0) is 20.9. The summed E-state index contributed by atoms with van der Waals surface area (Å²) in [4.78, 5) is 13.6. The van der Waals surface area contributed by atoms with Crippen LogP contribution >= 0.6 is 23.2 Å². The molecule has 1 aliphatic rings. The number of benzene rings is 2. The van der Waals surface area contributed by atoms with Crippen LogP contribution in [0, 0.1) is 12.7 Å². The number of carboxylic acids is 1. The van der Waals surface area contributed by atoms with Crippen LogP contribution in [0.1, 0.15) is 47.0 Å². The molecule has 0 saturated carbocycles. The van der Waals surface area contributed by atoms with Crippen molar-refractivity contribution in [2.45, 2.75) is 32.4 Å². The molecule has 3 aromatic rings. The molecule has 1 aliphatic heterocycles. The number of likely N-dealkylation sites (tertiary alicyclic amines) is 1. The Balaban J connectivity index is 1.63. The fourth-order valence-electron chi connectivity index (χ4n) is 4.10. The topological polar surface area (TPSA) is 58.4 Å². The van der Waals surface area contributed by atoms with Gasteiger partial charge in [0.25, 0.3) is 0 Å². The van der Waals surface area contributed by atoms with E-state index in [2.05, 4.69) is 16.9 Å². The van der Waals surface area contributed by atoms with Crippen molar-refractivity contribution in [2.75, 3.05) is 13.1 Å². The van der Waals surface area contributed by atoms with Crippen LogP contribution in [-0.2, 0) is 0 Å². The lowest BCUT2D eigenvalue weighted by Crippen LogP contribution is -2.25. The standard InChI is InChI=1S/C21H20Cl2FN3O2/c1-11-17-8-18(21(28)29)19(24)9-20(17)27(25-11)16-3-4-26(10-16)12(2)13-5-14(22)7-15(23)6-13/h5-9,12,16H,3-4,10H2,1-2H3,(H,28,29)/t12-,16?/m0/s1. The lowest BCUT2D eigenvalue weighted by molar-refractivity contribution is 0.0692. The van der Waals surface area contributed by atoms with Crippen LogP contribution in [-0.4, -0.2) is 38.8 Å². The van der Waals surface area contributed by atoms with E-state index in [0.29, 0.717) is 26.6 Å². The molecule has 2 aromatic carbocycles. The molecule has 1 aromatic heterocycles. The molecule has 0 aliphatic carbocycles. The summed E-state index contributed by atoms with van der Waals surface area (Å²) >= 11 is 12.3. The lowest BCUT2D eigenvalue weighted by atomic mass is 10.1. The molecule has 2 heterocycles. The van der Waals surface area contributed by atoms with E-state index in [4.69, 9.17) is 23.2 Å². The largest absolute Gasteiger partial charge is 0.478 e. The second-order valence-corrected chi connectivity index (χ2v) is 8.37. The van der Waals surface area contributed by atoms with Gasteiger partial charge in [0.15, 0.2) is 0 Å². The molecule has 1 unspecified atom stereocenters. The van der Waals surface area contributed by atoms with Crippen molar-refractivity contribution in [1.82, 2.24) is 14.7 Å². The molecule has 152 valence electrons. The summed E-state index contributed by atoms with van der Waals surface area (Å²) in [7, 11) is 0. The highest BCUT2D eigenvalue weighted by Gasteiger charge is 2.30. The maximum atomic E-state index is 14.3. The molecule has 0 bridgehead atoms. The first-order valence-electron chi connectivity index (χ1n) is 9.36. The smallest absolute Gasteiger partial charge is 0.338 e. The van der Waals surface area contributed by atoms with Crippen LogP contribution in [0.2, 0.25) is 10.0 Å². The van der Waals surface area contributed by atoms with Crippen molar-refractivity contribution in [3.05, 3.63) is 63.0 Å². The third kappa shape index (κ3) is 3.72. The monoisotopic (exact) mass is 435 g/mol. The zero-order valence-corrected chi connectivity index (χ0v) is 17.5. The van der Waals surface area contributed by atoms with Crippen molar-refractivity contribution in [1.29, 1.82) is 0 Å². The predicted octanol–water partition coefficient (Wildman–Crippen LogP) is 5.50. The Bertz CT molecular complexity index is 1090. The summed E-state index contributed by atoms with van der Waals surface area (Å²) in [5.74, 6) is -2.03. The highest BCUT2D eigenvalue weighted by atomic mass is 35.5. The number of nitrogens with zero attached hydrogens (tertiary/aromatic N) is 3. The molecule has 5 nitrogen and oxygen atoms in total. The second-order valence-electron chi connectivity index (χ2n) is 7.50. The molecule has 2 atom stereocenters. The van der Waals surface area contributed by atoms with Crippen LogP contribution in [0.25, 0.3) is 10.9 Å². The van der Waals surface area contributed by atoms with Crippen molar-refractivity contribution >= 4 is 40.1 Å². The zero-order valence-electron chi connectivity index (χ0n) is 16.0. The molecule has 0 amide bonds. The van der Waals surface area contributed by atoms with E-state index in [1.54, 1.807) is 6.07 Å². The Morgan fingerprint density at radius 3 is 2.59 bits per heavy atom. The second kappa shape index (κ2) is 7.59. The summed E-state index contributed by atoms with van der Waals surface area (Å²) in [6.07, 6.45) is 0.858. The summed E-state index contributed by atoms with van der Waals surface area (Å²) in [5, 5.41) is 15.7. The van der Waals surface area contributed by atoms with E-state index < -0.39 is 11.8 Å². The highest BCUT2D eigenvalue weighted by molar-refractivity contribution is 6.34. The molecular weight excluding hydrogens is 416 g/mol. The minimum atomic E-state index is -1.28. The van der Waals surface area contributed by atoms with Gasteiger partial charge in [0, 0.05) is 40.6 Å². The van der Waals surface area contributed by atoms with E-state index in [9.17, 15) is 14.3 Å². The average molecular weight is 436 g/mol. The minimum absolute atomic E-state index is 0.0679. The van der Waals surface area contributed by atoms with Gasteiger partial charge in [-0.05, 0) is 50.1 Å². The Labute approximate surface area is 177 Å². The number of fused-ring (bicyclic) bond motifs is 1. The van der Waals surface area contributed by atoms with Gasteiger partial charge in [0.2, 0.25) is 0 Å². The summed E-state index contributed by atoms with van der Waals surface area (Å²) < 4.78 is 16.1. The van der Waals surface area contributed by atoms with Gasteiger partial charge in [0.05, 0.1) is 22.8 Å². The molecule has 1 saturated heterocycles. The van der Waals surface area contributed by atoms with E-state index in [1.807, 2.05) is 23.7 Å². The number of hydrogen-bond donors (Lipinski definition) is 1.